The second-order valence-corrected chi connectivity index (χ2v) is 48.9. The fourth-order valence-corrected chi connectivity index (χ4v) is 35.7. The van der Waals surface area contributed by atoms with E-state index in [1.807, 2.05) is 0 Å². The first-order chi connectivity index (χ1) is 63.0. The Labute approximate surface area is 762 Å². The summed E-state index contributed by atoms with van der Waals surface area (Å²) in [5.41, 5.74) is 19.1. The van der Waals surface area contributed by atoms with Gasteiger partial charge in [0.1, 0.15) is 23.0 Å². The van der Waals surface area contributed by atoms with Gasteiger partial charge in [-0.3, -0.25) is 0 Å². The fourth-order valence-electron chi connectivity index (χ4n) is 19.1. The molecule has 0 aliphatic heterocycles. The highest BCUT2D eigenvalue weighted by Crippen LogP contribution is 2.47. The molecule has 12 heteroatoms. The smallest absolute Gasteiger partial charge is 0.264 e. The van der Waals surface area contributed by atoms with Crippen LogP contribution in [0.3, 0.4) is 0 Å². The first-order valence-corrected chi connectivity index (χ1v) is 55.0. The van der Waals surface area contributed by atoms with E-state index in [-0.39, 0.29) is 11.8 Å². The van der Waals surface area contributed by atoms with E-state index in [4.69, 9.17) is 36.7 Å². The van der Waals surface area contributed by atoms with Crippen molar-refractivity contribution in [2.75, 3.05) is 28.4 Å². The van der Waals surface area contributed by atoms with Crippen LogP contribution in [0.5, 0.6) is 46.0 Å². The van der Waals surface area contributed by atoms with Gasteiger partial charge in [-0.2, -0.15) is 0 Å². The van der Waals surface area contributed by atoms with Crippen LogP contribution in [0, 0.1) is 0 Å². The van der Waals surface area contributed by atoms with Crippen LogP contribution in [0.15, 0.2) is 437 Å². The molecule has 0 saturated carbocycles. The summed E-state index contributed by atoms with van der Waals surface area (Å²) in [5.74, 6) is 5.01. The maximum Gasteiger partial charge on any atom is 0.264 e. The minimum absolute atomic E-state index is 0.265. The highest BCUT2D eigenvalue weighted by Gasteiger charge is 2.44. The van der Waals surface area contributed by atoms with Crippen molar-refractivity contribution >= 4 is 33.3 Å². The van der Waals surface area contributed by atoms with Gasteiger partial charge in [-0.1, -0.05) is 388 Å². The molecule has 0 aliphatic carbocycles. The quantitative estimate of drug-likeness (QED) is 0.0350. The molecule has 0 aliphatic rings. The average Bonchev–Trinajstić information content (AvgIpc) is 0.786. The summed E-state index contributed by atoms with van der Waals surface area (Å²) in [7, 11) is -4.59. The lowest BCUT2D eigenvalue weighted by atomic mass is 9.80. The Kier molecular flexibility index (Phi) is 29.9. The monoisotopic (exact) mass is 1750 g/mol. The third-order valence-electron chi connectivity index (χ3n) is 24.8. The molecular weight excluding hydrogens is 1630 g/mol. The van der Waals surface area contributed by atoms with Crippen molar-refractivity contribution in [3.8, 4) is 46.0 Å². The second-order valence-electron chi connectivity index (χ2n) is 34.4. The van der Waals surface area contributed by atoms with E-state index in [2.05, 4.69) is 437 Å². The molecule has 0 atom stereocenters. The van der Waals surface area contributed by atoms with Crippen LogP contribution >= 0.6 is 0 Å². The van der Waals surface area contributed by atoms with Crippen LogP contribution < -0.4 is 36.7 Å². The van der Waals surface area contributed by atoms with Crippen LogP contribution in [-0.4, -0.2) is 61.7 Å². The molecule has 16 aromatic rings. The van der Waals surface area contributed by atoms with E-state index in [0.717, 1.165) is 118 Å². The molecule has 0 N–H and O–H groups in total. The summed E-state index contributed by atoms with van der Waals surface area (Å²) >= 11 is 0. The van der Waals surface area contributed by atoms with Gasteiger partial charge in [-0.05, 0) is 150 Å². The number of rotatable bonds is 43. The van der Waals surface area contributed by atoms with Gasteiger partial charge >= 0.3 is 0 Å². The molecule has 16 aromatic carbocycles. The first-order valence-electron chi connectivity index (χ1n) is 44.9. The van der Waals surface area contributed by atoms with Gasteiger partial charge in [0, 0.05) is 84.4 Å². The third kappa shape index (κ3) is 23.7. The Hall–Kier alpha value is -13.2. The summed E-state index contributed by atoms with van der Waals surface area (Å²) < 4.78 is 58.8. The van der Waals surface area contributed by atoms with Crippen LogP contribution in [0.25, 0.3) is 0 Å². The van der Waals surface area contributed by atoms with Gasteiger partial charge in [-0.15, -0.1) is 0 Å². The number of benzene rings is 16. The minimum atomic E-state index is -2.93. The maximum absolute atomic E-state index is 7.96. The first kappa shape index (κ1) is 88.2. The Bertz CT molecular complexity index is 4920. The zero-order chi connectivity index (χ0) is 87.5. The lowest BCUT2D eigenvalue weighted by molar-refractivity contribution is 0.385. The maximum atomic E-state index is 7.96. The highest BCUT2D eigenvalue weighted by molar-refractivity contribution is 6.74. The molecule has 16 rings (SSSR count). The predicted molar refractivity (Wildman–Crippen MR) is 532 cm³/mol. The zero-order valence-electron chi connectivity index (χ0n) is 73.9. The molecule has 0 saturated heterocycles. The van der Waals surface area contributed by atoms with Crippen molar-refractivity contribution in [2.45, 2.75) is 97.2 Å². The minimum Gasteiger partial charge on any atom is -0.540 e. The van der Waals surface area contributed by atoms with Gasteiger partial charge in [0.2, 0.25) is 0 Å². The summed E-state index contributed by atoms with van der Waals surface area (Å²) in [6.07, 6.45) is 1.29. The average molecular weight is 1750 g/mol. The van der Waals surface area contributed by atoms with E-state index in [1.165, 1.54) is 66.8 Å². The summed E-state index contributed by atoms with van der Waals surface area (Å²) in [6, 6.07) is 167. The molecule has 0 heterocycles. The highest BCUT2D eigenvalue weighted by atomic mass is 28.4. The Morgan fingerprint density at radius 2 is 0.281 bits per heavy atom. The van der Waals surface area contributed by atoms with Crippen molar-refractivity contribution in [1.29, 1.82) is 0 Å². The largest absolute Gasteiger partial charge is 0.540 e. The van der Waals surface area contributed by atoms with Crippen molar-refractivity contribution in [1.82, 2.24) is 0 Å². The van der Waals surface area contributed by atoms with Crippen molar-refractivity contribution in [3.05, 3.63) is 526 Å². The second kappa shape index (κ2) is 43.3. The molecule has 0 radical (unpaired) electrons. The molecule has 0 spiro atoms. The summed E-state index contributed by atoms with van der Waals surface area (Å²) in [4.78, 5) is 0. The molecule has 0 bridgehead atoms. The molecule has 0 fully saturated rings. The third-order valence-corrected chi connectivity index (χ3v) is 40.1. The van der Waals surface area contributed by atoms with Crippen molar-refractivity contribution in [2.24, 2.45) is 0 Å². The zero-order valence-corrected chi connectivity index (χ0v) is 77.9. The summed E-state index contributed by atoms with van der Waals surface area (Å²) in [6.45, 7) is 0. The van der Waals surface area contributed by atoms with Crippen molar-refractivity contribution < 1.29 is 36.7 Å². The lowest BCUT2D eigenvalue weighted by Crippen LogP contribution is -2.50. The topological polar surface area (TPSA) is 73.8 Å². The number of hydrogen-bond acceptors (Lipinski definition) is 8. The molecule has 128 heavy (non-hydrogen) atoms. The van der Waals surface area contributed by atoms with E-state index in [0.29, 0.717) is 35.8 Å². The van der Waals surface area contributed by atoms with Gasteiger partial charge < -0.3 is 36.7 Å². The molecule has 642 valence electrons. The molecule has 0 unspecified atom stereocenters. The molecule has 8 nitrogen and oxygen atoms in total. The van der Waals surface area contributed by atoms with Gasteiger partial charge in [0.25, 0.3) is 33.3 Å². The van der Waals surface area contributed by atoms with Gasteiger partial charge in [0.05, 0.1) is 28.4 Å². The Morgan fingerprint density at radius 1 is 0.156 bits per heavy atom. The SMILES string of the molecule is COc1cc(C(CCC(c2ccc(O[Si](Cc3ccccc3)(Cc3ccccc3)Cc3ccccc3)c(OC)c2)c2ccc(O[Si](Cc3ccccc3)(Cc3ccccc3)Cc3ccccc3)c(OC)c2)c2ccc(O[Si](Cc3ccccc3)(Cc3ccccc3)Cc3ccccc3)c(OC)c2)ccc1O[Si](Cc1ccccc1)(Cc1ccccc1)Cc1ccccc1. The van der Waals surface area contributed by atoms with Crippen LogP contribution in [0.1, 0.15) is 114 Å². The van der Waals surface area contributed by atoms with E-state index in [1.54, 1.807) is 28.4 Å². The number of hydrogen-bond donors (Lipinski definition) is 0. The molecule has 0 amide bonds. The van der Waals surface area contributed by atoms with Crippen molar-refractivity contribution in [3.63, 3.8) is 0 Å². The molecular formula is C116H114O8Si4. The normalized spacial score (nSPS) is 11.7. The van der Waals surface area contributed by atoms with E-state index < -0.39 is 33.3 Å². The van der Waals surface area contributed by atoms with Crippen LogP contribution in [0.4, 0.5) is 0 Å². The Balaban J connectivity index is 0.854. The van der Waals surface area contributed by atoms with E-state index in [9.17, 15) is 0 Å². The standard InChI is InChI=1S/C116H114O8Si4/c1-117-113-75-103(65-71-109(113)121-125(79-91-41-17-5-18-42-91,80-92-43-19-6-20-44-92)81-93-45-21-7-22-46-93)107(104-66-72-110(114(76-104)118-2)122-126(82-94-47-23-8-24-48-94,83-95-49-25-9-26-50-95)84-96-51-27-10-28-52-96)69-70-108(105-67-73-111(115(77-105)119-3)123-127(85-97-53-29-11-30-54-97,86-98-55-31-12-32-56-98)87-99-57-33-13-34-58-99)106-68-74-112(116(78-106)120-4)124-128(88-100-59-35-14-36-60-100,89-101-61-37-15-38-62-101)90-102-63-39-16-40-64-102/h5-68,71-78,107-108H,69-70,79-90H2,1-4H3. The van der Waals surface area contributed by atoms with Gasteiger partial charge in [-0.25, -0.2) is 0 Å². The fraction of sp³-hybridized carbons (Fsp3) is 0.172. The number of methoxy groups -OCH3 is 4. The molecule has 0 aromatic heterocycles. The lowest BCUT2D eigenvalue weighted by Gasteiger charge is -2.34. The number of ether oxygens (including phenoxy) is 4. The van der Waals surface area contributed by atoms with E-state index >= 15 is 0 Å². The predicted octanol–water partition coefficient (Wildman–Crippen LogP) is 26.1. The van der Waals surface area contributed by atoms with Crippen LogP contribution in [0.2, 0.25) is 0 Å². The van der Waals surface area contributed by atoms with Gasteiger partial charge in [0.15, 0.2) is 23.0 Å². The summed E-state index contributed by atoms with van der Waals surface area (Å²) in [5, 5.41) is 0. The Morgan fingerprint density at radius 3 is 0.398 bits per heavy atom. The van der Waals surface area contributed by atoms with Crippen LogP contribution in [-0.2, 0) is 72.5 Å².